The third-order valence-corrected chi connectivity index (χ3v) is 9.01. The van der Waals surface area contributed by atoms with Crippen LogP contribution in [0.1, 0.15) is 117 Å². The van der Waals surface area contributed by atoms with Crippen LogP contribution in [-0.4, -0.2) is 21.9 Å². The highest BCUT2D eigenvalue weighted by molar-refractivity contribution is 5.83. The predicted octanol–water partition coefficient (Wildman–Crippen LogP) is 10.1. The van der Waals surface area contributed by atoms with Gasteiger partial charge < -0.3 is 18.3 Å². The molecule has 0 saturated heterocycles. The molecule has 0 spiro atoms. The molecule has 3 aromatic carbocycles. The minimum Gasteiger partial charge on any atom is -0.426 e. The SMILES string of the molecule is CCCCCCCCCC(=O)Oc1ccc2c(=O)oc(-c3ccc(-c4nc5cc(OC(=O)CCCCCCCCC)ccc5c(=O)o4)cc3)nc2c1. The summed E-state index contributed by atoms with van der Waals surface area (Å²) in [5, 5.41) is 0.523. The molecule has 2 aromatic heterocycles. The van der Waals surface area contributed by atoms with E-state index in [1.165, 1.54) is 63.5 Å². The van der Waals surface area contributed by atoms with Gasteiger partial charge in [0.05, 0.1) is 21.8 Å². The van der Waals surface area contributed by atoms with Crippen LogP contribution in [0.5, 0.6) is 11.5 Å². The molecule has 0 N–H and O–H groups in total. The summed E-state index contributed by atoms with van der Waals surface area (Å²) in [4.78, 5) is 59.6. The Balaban J connectivity index is 1.23. The van der Waals surface area contributed by atoms with Crippen LogP contribution < -0.4 is 20.7 Å². The van der Waals surface area contributed by atoms with Crippen molar-refractivity contribution in [3.05, 3.63) is 81.5 Å². The van der Waals surface area contributed by atoms with Crippen LogP contribution in [-0.2, 0) is 9.59 Å². The zero-order valence-corrected chi connectivity index (χ0v) is 30.2. The molecule has 0 aliphatic carbocycles. The molecule has 0 amide bonds. The van der Waals surface area contributed by atoms with Gasteiger partial charge in [-0.05, 0) is 61.4 Å². The fourth-order valence-corrected chi connectivity index (χ4v) is 6.05. The smallest absolute Gasteiger partial charge is 0.347 e. The molecule has 0 radical (unpaired) electrons. The van der Waals surface area contributed by atoms with Crippen molar-refractivity contribution >= 4 is 33.7 Å². The molecule has 274 valence electrons. The normalized spacial score (nSPS) is 11.3. The second kappa shape index (κ2) is 19.5. The lowest BCUT2D eigenvalue weighted by Gasteiger charge is -2.07. The highest BCUT2D eigenvalue weighted by Crippen LogP contribution is 2.27. The number of hydrogen-bond acceptors (Lipinski definition) is 10. The second-order valence-corrected chi connectivity index (χ2v) is 13.2. The Bertz CT molecular complexity index is 1920. The number of rotatable bonds is 20. The van der Waals surface area contributed by atoms with Gasteiger partial charge in [0, 0.05) is 36.1 Å². The quantitative estimate of drug-likeness (QED) is 0.0436. The Morgan fingerprint density at radius 3 is 1.27 bits per heavy atom. The zero-order valence-electron chi connectivity index (χ0n) is 30.2. The van der Waals surface area contributed by atoms with Gasteiger partial charge in [-0.3, -0.25) is 9.59 Å². The number of fused-ring (bicyclic) bond motifs is 2. The lowest BCUT2D eigenvalue weighted by molar-refractivity contribution is -0.135. The summed E-state index contributed by atoms with van der Waals surface area (Å²) in [5.41, 5.74) is 0.511. The van der Waals surface area contributed by atoms with E-state index in [1.54, 1.807) is 48.5 Å². The van der Waals surface area contributed by atoms with Crippen molar-refractivity contribution in [3.63, 3.8) is 0 Å². The average Bonchev–Trinajstić information content (AvgIpc) is 3.14. The van der Waals surface area contributed by atoms with Crippen LogP contribution in [0.4, 0.5) is 0 Å². The lowest BCUT2D eigenvalue weighted by atomic mass is 10.1. The van der Waals surface area contributed by atoms with E-state index in [4.69, 9.17) is 18.3 Å². The van der Waals surface area contributed by atoms with E-state index in [0.717, 1.165) is 38.5 Å². The summed E-state index contributed by atoms with van der Waals surface area (Å²) in [6.07, 6.45) is 16.1. The Morgan fingerprint density at radius 1 is 0.519 bits per heavy atom. The Hall–Kier alpha value is -5.12. The van der Waals surface area contributed by atoms with Crippen molar-refractivity contribution in [1.82, 2.24) is 9.97 Å². The first-order chi connectivity index (χ1) is 25.3. The molecule has 10 heteroatoms. The van der Waals surface area contributed by atoms with Gasteiger partial charge in [-0.25, -0.2) is 19.6 Å². The number of ether oxygens (including phenoxy) is 2. The number of carbonyl (C=O) groups excluding carboxylic acids is 2. The number of aromatic nitrogens is 2. The van der Waals surface area contributed by atoms with Crippen LogP contribution in [0, 0.1) is 0 Å². The van der Waals surface area contributed by atoms with Gasteiger partial charge in [0.2, 0.25) is 11.8 Å². The second-order valence-electron chi connectivity index (χ2n) is 13.2. The summed E-state index contributed by atoms with van der Waals surface area (Å²) in [7, 11) is 0. The van der Waals surface area contributed by atoms with Gasteiger partial charge in [0.15, 0.2) is 0 Å². The van der Waals surface area contributed by atoms with Crippen molar-refractivity contribution in [1.29, 1.82) is 0 Å². The molecule has 0 bridgehead atoms. The summed E-state index contributed by atoms with van der Waals surface area (Å²) in [6.45, 7) is 4.38. The van der Waals surface area contributed by atoms with Gasteiger partial charge in [0.1, 0.15) is 11.5 Å². The number of benzene rings is 3. The molecule has 5 rings (SSSR count). The first kappa shape index (κ1) is 38.1. The zero-order chi connectivity index (χ0) is 36.7. The molecule has 0 saturated carbocycles. The van der Waals surface area contributed by atoms with Gasteiger partial charge in [0.25, 0.3) is 0 Å². The first-order valence-electron chi connectivity index (χ1n) is 18.8. The molecule has 2 heterocycles. The highest BCUT2D eigenvalue weighted by Gasteiger charge is 2.15. The number of esters is 2. The van der Waals surface area contributed by atoms with Crippen LogP contribution >= 0.6 is 0 Å². The molecule has 52 heavy (non-hydrogen) atoms. The molecular weight excluding hydrogens is 660 g/mol. The summed E-state index contributed by atoms with van der Waals surface area (Å²) in [6, 6.07) is 16.0. The van der Waals surface area contributed by atoms with E-state index in [1.807, 2.05) is 0 Å². The topological polar surface area (TPSA) is 139 Å². The molecule has 5 aromatic rings. The maximum Gasteiger partial charge on any atom is 0.347 e. The molecule has 0 unspecified atom stereocenters. The van der Waals surface area contributed by atoms with Gasteiger partial charge in [-0.1, -0.05) is 90.9 Å². The largest absolute Gasteiger partial charge is 0.426 e. The molecule has 10 nitrogen and oxygen atoms in total. The standard InChI is InChI=1S/C42H48N2O8/c1-3-5-7-9-11-13-15-17-37(45)49-31-23-25-33-35(27-31)43-39(51-41(33)47)29-19-21-30(22-20-29)40-44-36-28-32(24-26-34(36)42(48)52-40)50-38(46)18-16-14-12-10-8-6-4-2/h19-28H,3-18H2,1-2H3. The Morgan fingerprint density at radius 2 is 0.885 bits per heavy atom. The van der Waals surface area contributed by atoms with Crippen molar-refractivity contribution in [2.45, 2.75) is 117 Å². The summed E-state index contributed by atoms with van der Waals surface area (Å²) >= 11 is 0. The minimum absolute atomic E-state index is 0.0754. The van der Waals surface area contributed by atoms with E-state index in [9.17, 15) is 19.2 Å². The Labute approximate surface area is 303 Å². The average molecular weight is 709 g/mol. The van der Waals surface area contributed by atoms with E-state index >= 15 is 0 Å². The van der Waals surface area contributed by atoms with Gasteiger partial charge >= 0.3 is 23.2 Å². The van der Waals surface area contributed by atoms with Gasteiger partial charge in [-0.15, -0.1) is 0 Å². The van der Waals surface area contributed by atoms with Crippen molar-refractivity contribution in [2.75, 3.05) is 0 Å². The molecule has 0 aliphatic rings. The molecule has 0 aliphatic heterocycles. The molecular formula is C42H48N2O8. The first-order valence-corrected chi connectivity index (χ1v) is 18.8. The fourth-order valence-electron chi connectivity index (χ4n) is 6.05. The summed E-state index contributed by atoms with van der Waals surface area (Å²) < 4.78 is 22.1. The third kappa shape index (κ3) is 10.9. The van der Waals surface area contributed by atoms with Crippen molar-refractivity contribution in [3.8, 4) is 34.4 Å². The molecule has 0 atom stereocenters. The fraction of sp³-hybridized carbons (Fsp3) is 0.429. The van der Waals surface area contributed by atoms with E-state index in [2.05, 4.69) is 23.8 Å². The van der Waals surface area contributed by atoms with E-state index < -0.39 is 11.3 Å². The van der Waals surface area contributed by atoms with Crippen molar-refractivity contribution in [2.24, 2.45) is 0 Å². The highest BCUT2D eigenvalue weighted by atomic mass is 16.5. The predicted molar refractivity (Wildman–Crippen MR) is 201 cm³/mol. The van der Waals surface area contributed by atoms with Crippen LogP contribution in [0.3, 0.4) is 0 Å². The number of unbranched alkanes of at least 4 members (excludes halogenated alkanes) is 12. The van der Waals surface area contributed by atoms with Gasteiger partial charge in [-0.2, -0.15) is 0 Å². The number of carbonyl (C=O) groups is 2. The minimum atomic E-state index is -0.578. The maximum absolute atomic E-state index is 12.8. The summed E-state index contributed by atoms with van der Waals surface area (Å²) in [5.74, 6) is 0.123. The number of nitrogens with zero attached hydrogens (tertiary/aromatic N) is 2. The third-order valence-electron chi connectivity index (χ3n) is 9.01. The maximum atomic E-state index is 12.8. The molecule has 0 fully saturated rings. The van der Waals surface area contributed by atoms with Crippen LogP contribution in [0.25, 0.3) is 44.7 Å². The van der Waals surface area contributed by atoms with E-state index in [-0.39, 0.29) is 34.5 Å². The van der Waals surface area contributed by atoms with Crippen LogP contribution in [0.15, 0.2) is 79.1 Å². The Kier molecular flexibility index (Phi) is 14.3. The van der Waals surface area contributed by atoms with Crippen LogP contribution in [0.2, 0.25) is 0 Å². The number of hydrogen-bond donors (Lipinski definition) is 0. The van der Waals surface area contributed by atoms with E-state index in [0.29, 0.717) is 46.5 Å². The lowest BCUT2D eigenvalue weighted by Crippen LogP contribution is -2.08. The monoisotopic (exact) mass is 708 g/mol. The van der Waals surface area contributed by atoms with Crippen molar-refractivity contribution < 1.29 is 27.9 Å².